The van der Waals surface area contributed by atoms with Crippen LogP contribution >= 0.6 is 0 Å². The molecule has 3 aromatic rings. The molecular formula is C23H26N4O8. The number of rotatable bonds is 8. The lowest BCUT2D eigenvalue weighted by molar-refractivity contribution is -0.145. The molecule has 12 nitrogen and oxygen atoms in total. The average molecular weight is 486 g/mol. The maximum absolute atomic E-state index is 11.9. The number of carboxylic acid groups (broad SMARTS) is 1. The lowest BCUT2D eigenvalue weighted by atomic mass is 10.2. The summed E-state index contributed by atoms with van der Waals surface area (Å²) in [4.78, 5) is 68.0. The Morgan fingerprint density at radius 2 is 1.26 bits per heavy atom. The molecule has 0 aliphatic heterocycles. The van der Waals surface area contributed by atoms with Crippen molar-refractivity contribution in [1.82, 2.24) is 18.3 Å². The van der Waals surface area contributed by atoms with Crippen LogP contribution in [0.2, 0.25) is 0 Å². The third kappa shape index (κ3) is 7.52. The number of hydrogen-bond acceptors (Lipinski definition) is 7. The number of nitrogens with zero attached hydrogens (tertiary/aromatic N) is 4. The first-order valence-corrected chi connectivity index (χ1v) is 10.7. The van der Waals surface area contributed by atoms with Gasteiger partial charge in [-0.2, -0.15) is 0 Å². The summed E-state index contributed by atoms with van der Waals surface area (Å²) < 4.78 is 9.28. The van der Waals surface area contributed by atoms with Crippen LogP contribution in [0.25, 0.3) is 0 Å². The van der Waals surface area contributed by atoms with Gasteiger partial charge in [0.15, 0.2) is 0 Å². The number of carboxylic acids is 1. The number of carbonyl (C=O) groups excluding carboxylic acids is 1. The second-order valence-corrected chi connectivity index (χ2v) is 7.16. The summed E-state index contributed by atoms with van der Waals surface area (Å²) in [5.74, 6) is -1.64. The number of ether oxygens (including phenoxy) is 1. The Bertz CT molecular complexity index is 1400. The lowest BCUT2D eigenvalue weighted by Gasteiger charge is -2.08. The van der Waals surface area contributed by atoms with Gasteiger partial charge >= 0.3 is 23.3 Å². The minimum atomic E-state index is -1.12. The Balaban J connectivity index is 0.000000269. The Morgan fingerprint density at radius 3 is 1.71 bits per heavy atom. The third-order valence-electron chi connectivity index (χ3n) is 4.76. The molecular weight excluding hydrogens is 460 g/mol. The van der Waals surface area contributed by atoms with Crippen LogP contribution in [-0.2, 0) is 47.1 Å². The molecule has 0 fully saturated rings. The SMILES string of the molecule is CCn1c(=O)ccn(CC(=O)O)c1=O.CCn1c(=O)ccn(CC(=O)OCc2ccccc2)c1=O. The third-order valence-corrected chi connectivity index (χ3v) is 4.76. The van der Waals surface area contributed by atoms with Gasteiger partial charge in [-0.05, 0) is 19.4 Å². The summed E-state index contributed by atoms with van der Waals surface area (Å²) in [6.45, 7) is 3.34. The number of esters is 1. The van der Waals surface area contributed by atoms with Crippen LogP contribution in [0.15, 0.2) is 74.0 Å². The van der Waals surface area contributed by atoms with Crippen LogP contribution in [0.3, 0.4) is 0 Å². The Kier molecular flexibility index (Phi) is 9.70. The fourth-order valence-corrected chi connectivity index (χ4v) is 3.00. The van der Waals surface area contributed by atoms with Gasteiger partial charge in [-0.15, -0.1) is 0 Å². The second-order valence-electron chi connectivity index (χ2n) is 7.16. The molecule has 1 N–H and O–H groups in total. The quantitative estimate of drug-likeness (QED) is 0.433. The molecule has 0 aliphatic rings. The van der Waals surface area contributed by atoms with Gasteiger partial charge in [0.05, 0.1) is 0 Å². The zero-order chi connectivity index (χ0) is 26.0. The van der Waals surface area contributed by atoms with Gasteiger partial charge in [0.2, 0.25) is 0 Å². The highest BCUT2D eigenvalue weighted by molar-refractivity contribution is 5.69. The fraction of sp³-hybridized carbons (Fsp3) is 0.304. The molecule has 0 spiro atoms. The first kappa shape index (κ1) is 26.8. The molecule has 0 saturated heterocycles. The molecule has 0 amide bonds. The van der Waals surface area contributed by atoms with E-state index in [0.29, 0.717) is 0 Å². The Labute approximate surface area is 198 Å². The second kappa shape index (κ2) is 12.7. The van der Waals surface area contributed by atoms with E-state index in [2.05, 4.69) is 0 Å². The minimum Gasteiger partial charge on any atom is -0.480 e. The van der Waals surface area contributed by atoms with Crippen molar-refractivity contribution in [1.29, 1.82) is 0 Å². The van der Waals surface area contributed by atoms with E-state index in [4.69, 9.17) is 9.84 Å². The van der Waals surface area contributed by atoms with E-state index in [9.17, 15) is 28.8 Å². The maximum Gasteiger partial charge on any atom is 0.331 e. The topological polar surface area (TPSA) is 152 Å². The van der Waals surface area contributed by atoms with E-state index < -0.39 is 35.4 Å². The highest BCUT2D eigenvalue weighted by Crippen LogP contribution is 2.01. The standard InChI is InChI=1S/C15H16N2O4.C8H10N2O4/c1-2-17-13(18)8-9-16(15(17)20)10-14(19)21-11-12-6-4-3-5-7-12;1-2-10-6(11)3-4-9(8(10)14)5-7(12)13/h3-9H,2,10-11H2,1H3;3-4H,2,5H2,1H3,(H,12,13). The molecule has 2 heterocycles. The van der Waals surface area contributed by atoms with Gasteiger partial charge in [0, 0.05) is 37.6 Å². The van der Waals surface area contributed by atoms with Crippen molar-refractivity contribution >= 4 is 11.9 Å². The monoisotopic (exact) mass is 486 g/mol. The van der Waals surface area contributed by atoms with E-state index in [0.717, 1.165) is 23.8 Å². The van der Waals surface area contributed by atoms with E-state index in [1.54, 1.807) is 13.8 Å². The van der Waals surface area contributed by atoms with Crippen LogP contribution in [-0.4, -0.2) is 35.3 Å². The maximum atomic E-state index is 11.9. The van der Waals surface area contributed by atoms with Crippen molar-refractivity contribution in [2.75, 3.05) is 0 Å². The van der Waals surface area contributed by atoms with Crippen LogP contribution in [0.4, 0.5) is 0 Å². The summed E-state index contributed by atoms with van der Waals surface area (Å²) >= 11 is 0. The molecule has 2 aromatic heterocycles. The number of benzene rings is 1. The summed E-state index contributed by atoms with van der Waals surface area (Å²) in [7, 11) is 0. The molecule has 0 atom stereocenters. The molecule has 0 bridgehead atoms. The van der Waals surface area contributed by atoms with Gasteiger partial charge in [-0.3, -0.25) is 37.4 Å². The number of carbonyl (C=O) groups is 2. The lowest BCUT2D eigenvalue weighted by Crippen LogP contribution is -2.39. The van der Waals surface area contributed by atoms with Gasteiger partial charge in [0.25, 0.3) is 11.1 Å². The van der Waals surface area contributed by atoms with Crippen molar-refractivity contribution in [2.45, 2.75) is 46.6 Å². The zero-order valence-electron chi connectivity index (χ0n) is 19.3. The molecule has 1 aromatic carbocycles. The van der Waals surface area contributed by atoms with E-state index in [1.165, 1.54) is 24.5 Å². The first-order valence-electron chi connectivity index (χ1n) is 10.7. The molecule has 0 aliphatic carbocycles. The summed E-state index contributed by atoms with van der Waals surface area (Å²) in [5.41, 5.74) is -1.03. The van der Waals surface area contributed by atoms with Crippen molar-refractivity contribution < 1.29 is 19.4 Å². The van der Waals surface area contributed by atoms with Crippen molar-refractivity contribution in [3.05, 3.63) is 102 Å². The largest absolute Gasteiger partial charge is 0.480 e. The highest BCUT2D eigenvalue weighted by Gasteiger charge is 2.09. The molecule has 3 rings (SSSR count). The molecule has 186 valence electrons. The van der Waals surface area contributed by atoms with E-state index >= 15 is 0 Å². The molecule has 12 heteroatoms. The number of hydrogen-bond donors (Lipinski definition) is 1. The van der Waals surface area contributed by atoms with Crippen molar-refractivity contribution in [2.24, 2.45) is 0 Å². The van der Waals surface area contributed by atoms with Crippen molar-refractivity contribution in [3.8, 4) is 0 Å². The average Bonchev–Trinajstić information content (AvgIpc) is 2.83. The number of aromatic nitrogens is 4. The predicted octanol–water partition coefficient (Wildman–Crippen LogP) is -0.112. The van der Waals surface area contributed by atoms with Crippen molar-refractivity contribution in [3.63, 3.8) is 0 Å². The van der Waals surface area contributed by atoms with Crippen LogP contribution in [0, 0.1) is 0 Å². The molecule has 0 unspecified atom stereocenters. The zero-order valence-corrected chi connectivity index (χ0v) is 19.3. The minimum absolute atomic E-state index is 0.155. The van der Waals surface area contributed by atoms with Gasteiger partial charge < -0.3 is 9.84 Å². The van der Waals surface area contributed by atoms with E-state index in [-0.39, 0.29) is 31.8 Å². The van der Waals surface area contributed by atoms with E-state index in [1.807, 2.05) is 30.3 Å². The first-order chi connectivity index (χ1) is 16.7. The fourth-order valence-electron chi connectivity index (χ4n) is 3.00. The van der Waals surface area contributed by atoms with Gasteiger partial charge in [-0.25, -0.2) is 9.59 Å². The smallest absolute Gasteiger partial charge is 0.331 e. The van der Waals surface area contributed by atoms with Crippen LogP contribution in [0.1, 0.15) is 19.4 Å². The predicted molar refractivity (Wildman–Crippen MR) is 125 cm³/mol. The Morgan fingerprint density at radius 1 is 0.771 bits per heavy atom. The summed E-state index contributed by atoms with van der Waals surface area (Å²) in [6.07, 6.45) is 2.49. The summed E-state index contributed by atoms with van der Waals surface area (Å²) in [5, 5.41) is 8.48. The summed E-state index contributed by atoms with van der Waals surface area (Å²) in [6, 6.07) is 11.7. The molecule has 35 heavy (non-hydrogen) atoms. The Hall–Kier alpha value is -4.48. The number of aliphatic carboxylic acids is 1. The van der Waals surface area contributed by atoms with Gasteiger partial charge in [0.1, 0.15) is 19.7 Å². The van der Waals surface area contributed by atoms with Gasteiger partial charge in [-0.1, -0.05) is 30.3 Å². The molecule has 0 saturated carbocycles. The highest BCUT2D eigenvalue weighted by atomic mass is 16.5. The van der Waals surface area contributed by atoms with Crippen LogP contribution in [0.5, 0.6) is 0 Å². The van der Waals surface area contributed by atoms with Crippen LogP contribution < -0.4 is 22.5 Å². The normalized spacial score (nSPS) is 10.2. The molecule has 0 radical (unpaired) electrons.